The summed E-state index contributed by atoms with van der Waals surface area (Å²) in [6.45, 7) is 7.64. The van der Waals surface area contributed by atoms with Crippen LogP contribution in [0.15, 0.2) is 18.2 Å². The molecule has 1 aromatic carbocycles. The number of anilines is 1. The molecule has 0 spiro atoms. The lowest BCUT2D eigenvalue weighted by molar-refractivity contribution is 0.294. The number of fused-ring (bicyclic) bond motifs is 1. The lowest BCUT2D eigenvalue weighted by Gasteiger charge is -2.40. The SMILES string of the molecule is Cc1ccc2c(c1)N(CCO)C(C)CC2C. The molecule has 0 amide bonds. The Bertz CT molecular complexity index is 375. The van der Waals surface area contributed by atoms with Gasteiger partial charge in [0.25, 0.3) is 0 Å². The zero-order valence-corrected chi connectivity index (χ0v) is 10.4. The third-order valence-electron chi connectivity index (χ3n) is 3.59. The second-order valence-corrected chi connectivity index (χ2v) is 4.97. The number of aliphatic hydroxyl groups excluding tert-OH is 1. The van der Waals surface area contributed by atoms with Crippen LogP contribution in [0, 0.1) is 6.92 Å². The summed E-state index contributed by atoms with van der Waals surface area (Å²) in [7, 11) is 0. The highest BCUT2D eigenvalue weighted by Gasteiger charge is 2.27. The van der Waals surface area contributed by atoms with Gasteiger partial charge in [-0.15, -0.1) is 0 Å². The molecular formula is C14H21NO. The Balaban J connectivity index is 2.43. The van der Waals surface area contributed by atoms with Crippen molar-refractivity contribution < 1.29 is 5.11 Å². The molecule has 1 heterocycles. The first-order chi connectivity index (χ1) is 7.63. The van der Waals surface area contributed by atoms with Gasteiger partial charge < -0.3 is 10.0 Å². The molecule has 16 heavy (non-hydrogen) atoms. The van der Waals surface area contributed by atoms with E-state index in [9.17, 15) is 0 Å². The number of benzene rings is 1. The normalized spacial score (nSPS) is 24.4. The van der Waals surface area contributed by atoms with E-state index in [4.69, 9.17) is 5.11 Å². The van der Waals surface area contributed by atoms with Crippen LogP contribution in [0.1, 0.15) is 37.3 Å². The molecule has 1 aliphatic heterocycles. The molecule has 0 aromatic heterocycles. The Morgan fingerprint density at radius 3 is 2.81 bits per heavy atom. The summed E-state index contributed by atoms with van der Waals surface area (Å²) < 4.78 is 0. The summed E-state index contributed by atoms with van der Waals surface area (Å²) in [5.41, 5.74) is 4.04. The minimum Gasteiger partial charge on any atom is -0.395 e. The second-order valence-electron chi connectivity index (χ2n) is 4.97. The van der Waals surface area contributed by atoms with Gasteiger partial charge in [0.05, 0.1) is 6.61 Å². The molecule has 0 saturated heterocycles. The lowest BCUT2D eigenvalue weighted by atomic mass is 9.87. The fraction of sp³-hybridized carbons (Fsp3) is 0.571. The molecule has 1 aromatic rings. The van der Waals surface area contributed by atoms with Crippen LogP contribution in [-0.2, 0) is 0 Å². The van der Waals surface area contributed by atoms with Gasteiger partial charge in [0.1, 0.15) is 0 Å². The van der Waals surface area contributed by atoms with E-state index in [1.807, 2.05) is 0 Å². The Morgan fingerprint density at radius 2 is 2.12 bits per heavy atom. The first-order valence-corrected chi connectivity index (χ1v) is 6.11. The molecule has 88 valence electrons. The van der Waals surface area contributed by atoms with Crippen LogP contribution in [0.5, 0.6) is 0 Å². The standard InChI is InChI=1S/C14H21NO/c1-10-4-5-13-11(2)9-12(3)15(6-7-16)14(13)8-10/h4-5,8,11-12,16H,6-7,9H2,1-3H3. The third kappa shape index (κ3) is 1.94. The zero-order chi connectivity index (χ0) is 11.7. The Hall–Kier alpha value is -1.02. The summed E-state index contributed by atoms with van der Waals surface area (Å²) in [4.78, 5) is 2.34. The van der Waals surface area contributed by atoms with Crippen LogP contribution in [0.3, 0.4) is 0 Å². The molecule has 0 radical (unpaired) electrons. The molecule has 2 atom stereocenters. The number of aryl methyl sites for hydroxylation is 1. The van der Waals surface area contributed by atoms with Crippen LogP contribution >= 0.6 is 0 Å². The van der Waals surface area contributed by atoms with Crippen molar-refractivity contribution in [2.75, 3.05) is 18.1 Å². The fourth-order valence-electron chi connectivity index (χ4n) is 2.77. The van der Waals surface area contributed by atoms with Crippen LogP contribution < -0.4 is 4.90 Å². The van der Waals surface area contributed by atoms with Crippen LogP contribution in [0.25, 0.3) is 0 Å². The molecular weight excluding hydrogens is 198 g/mol. The average molecular weight is 219 g/mol. The van der Waals surface area contributed by atoms with Gasteiger partial charge in [0, 0.05) is 18.3 Å². The van der Waals surface area contributed by atoms with E-state index >= 15 is 0 Å². The van der Waals surface area contributed by atoms with Crippen LogP contribution in [0.2, 0.25) is 0 Å². The summed E-state index contributed by atoms with van der Waals surface area (Å²) >= 11 is 0. The molecule has 2 unspecified atom stereocenters. The molecule has 1 aliphatic rings. The number of hydrogen-bond acceptors (Lipinski definition) is 2. The minimum absolute atomic E-state index is 0.228. The van der Waals surface area contributed by atoms with Gasteiger partial charge in [-0.1, -0.05) is 19.1 Å². The van der Waals surface area contributed by atoms with E-state index in [-0.39, 0.29) is 6.61 Å². The van der Waals surface area contributed by atoms with Crippen molar-refractivity contribution in [3.63, 3.8) is 0 Å². The lowest BCUT2D eigenvalue weighted by Crippen LogP contribution is -2.40. The topological polar surface area (TPSA) is 23.5 Å². The van der Waals surface area contributed by atoms with Crippen molar-refractivity contribution in [2.24, 2.45) is 0 Å². The van der Waals surface area contributed by atoms with Gasteiger partial charge in [-0.2, -0.15) is 0 Å². The van der Waals surface area contributed by atoms with Gasteiger partial charge >= 0.3 is 0 Å². The van der Waals surface area contributed by atoms with Crippen molar-refractivity contribution in [2.45, 2.75) is 39.2 Å². The molecule has 0 fully saturated rings. The number of hydrogen-bond donors (Lipinski definition) is 1. The highest BCUT2D eigenvalue weighted by molar-refractivity contribution is 5.59. The quantitative estimate of drug-likeness (QED) is 0.826. The first-order valence-electron chi connectivity index (χ1n) is 6.11. The van der Waals surface area contributed by atoms with Gasteiger partial charge in [0.2, 0.25) is 0 Å². The maximum Gasteiger partial charge on any atom is 0.0606 e. The van der Waals surface area contributed by atoms with E-state index in [1.54, 1.807) is 0 Å². The second kappa shape index (κ2) is 4.46. The number of nitrogens with zero attached hydrogens (tertiary/aromatic N) is 1. The van der Waals surface area contributed by atoms with Gasteiger partial charge in [-0.3, -0.25) is 0 Å². The highest BCUT2D eigenvalue weighted by Crippen LogP contribution is 2.38. The number of rotatable bonds is 2. The smallest absolute Gasteiger partial charge is 0.0606 e. The molecule has 2 heteroatoms. The van der Waals surface area contributed by atoms with E-state index in [0.29, 0.717) is 12.0 Å². The van der Waals surface area contributed by atoms with Gasteiger partial charge in [0.15, 0.2) is 0 Å². The summed E-state index contributed by atoms with van der Waals surface area (Å²) in [6, 6.07) is 7.20. The predicted octanol–water partition coefficient (Wildman–Crippen LogP) is 2.69. The largest absolute Gasteiger partial charge is 0.395 e. The molecule has 2 rings (SSSR count). The van der Waals surface area contributed by atoms with E-state index in [1.165, 1.54) is 23.2 Å². The van der Waals surface area contributed by atoms with E-state index in [0.717, 1.165) is 6.54 Å². The average Bonchev–Trinajstić information content (AvgIpc) is 2.23. The molecule has 1 N–H and O–H groups in total. The van der Waals surface area contributed by atoms with Gasteiger partial charge in [-0.25, -0.2) is 0 Å². The Morgan fingerprint density at radius 1 is 1.38 bits per heavy atom. The highest BCUT2D eigenvalue weighted by atomic mass is 16.3. The van der Waals surface area contributed by atoms with Crippen LogP contribution in [-0.4, -0.2) is 24.3 Å². The maximum atomic E-state index is 9.16. The fourth-order valence-corrected chi connectivity index (χ4v) is 2.77. The van der Waals surface area contributed by atoms with Gasteiger partial charge in [-0.05, 0) is 43.4 Å². The summed E-state index contributed by atoms with van der Waals surface area (Å²) in [6.07, 6.45) is 1.18. The van der Waals surface area contributed by atoms with Crippen molar-refractivity contribution in [1.29, 1.82) is 0 Å². The van der Waals surface area contributed by atoms with Crippen molar-refractivity contribution >= 4 is 5.69 Å². The van der Waals surface area contributed by atoms with Crippen molar-refractivity contribution in [3.8, 4) is 0 Å². The summed E-state index contributed by atoms with van der Waals surface area (Å²) in [5.74, 6) is 0.626. The van der Waals surface area contributed by atoms with Crippen molar-refractivity contribution in [3.05, 3.63) is 29.3 Å². The molecule has 0 saturated carbocycles. The first kappa shape index (κ1) is 11.5. The van der Waals surface area contributed by atoms with Crippen molar-refractivity contribution in [1.82, 2.24) is 0 Å². The molecule has 0 bridgehead atoms. The Kier molecular flexibility index (Phi) is 3.20. The number of aliphatic hydroxyl groups is 1. The predicted molar refractivity (Wildman–Crippen MR) is 68.1 cm³/mol. The minimum atomic E-state index is 0.228. The van der Waals surface area contributed by atoms with E-state index < -0.39 is 0 Å². The van der Waals surface area contributed by atoms with E-state index in [2.05, 4.69) is 43.9 Å². The Labute approximate surface area is 97.9 Å². The zero-order valence-electron chi connectivity index (χ0n) is 10.4. The monoisotopic (exact) mass is 219 g/mol. The maximum absolute atomic E-state index is 9.16. The number of β-amino-alcohol motifs (C(OH)–C–C–N with tert-alkyl or cyclic N) is 1. The summed E-state index contributed by atoms with van der Waals surface area (Å²) in [5, 5.41) is 9.16. The molecule has 2 nitrogen and oxygen atoms in total. The molecule has 0 aliphatic carbocycles. The van der Waals surface area contributed by atoms with Crippen LogP contribution in [0.4, 0.5) is 5.69 Å². The third-order valence-corrected chi connectivity index (χ3v) is 3.59.